The van der Waals surface area contributed by atoms with Crippen LogP contribution in [0.15, 0.2) is 48.5 Å². The molecule has 0 aliphatic rings. The van der Waals surface area contributed by atoms with Gasteiger partial charge < -0.3 is 14.6 Å². The molecule has 0 aromatic heterocycles. The molecule has 26 heavy (non-hydrogen) atoms. The van der Waals surface area contributed by atoms with E-state index in [-0.39, 0.29) is 6.35 Å². The lowest BCUT2D eigenvalue weighted by Crippen LogP contribution is -2.19. The fraction of sp³-hybridized carbons (Fsp3) is 0.263. The van der Waals surface area contributed by atoms with Crippen molar-refractivity contribution >= 4 is 40.4 Å². The van der Waals surface area contributed by atoms with Gasteiger partial charge in [-0.1, -0.05) is 36.1 Å². The number of aliphatic hydroxyl groups excluding tert-OH is 1. The molecule has 0 atom stereocenters. The normalized spacial score (nSPS) is 11.0. The van der Waals surface area contributed by atoms with Crippen LogP contribution in [0.3, 0.4) is 0 Å². The molecule has 138 valence electrons. The summed E-state index contributed by atoms with van der Waals surface area (Å²) < 4.78 is 9.94. The third kappa shape index (κ3) is 4.39. The minimum absolute atomic E-state index is 0.195. The third-order valence-corrected chi connectivity index (χ3v) is 8.06. The lowest BCUT2D eigenvalue weighted by atomic mass is 10.2. The van der Waals surface area contributed by atoms with Crippen molar-refractivity contribution in [3.05, 3.63) is 59.7 Å². The monoisotopic (exact) mass is 392 g/mol. The molecule has 0 saturated carbocycles. The molecule has 0 bridgehead atoms. The highest BCUT2D eigenvalue weighted by molar-refractivity contribution is 8.21. The van der Waals surface area contributed by atoms with Crippen LogP contribution in [-0.4, -0.2) is 36.6 Å². The summed E-state index contributed by atoms with van der Waals surface area (Å²) in [6.07, 6.45) is -0.195. The van der Waals surface area contributed by atoms with E-state index in [1.807, 2.05) is 0 Å². The van der Waals surface area contributed by atoms with Gasteiger partial charge in [-0.25, -0.2) is 9.59 Å². The van der Waals surface area contributed by atoms with Crippen molar-refractivity contribution in [2.45, 2.75) is 13.8 Å². The van der Waals surface area contributed by atoms with Gasteiger partial charge in [0.25, 0.3) is 0 Å². The third-order valence-electron chi connectivity index (χ3n) is 3.79. The average molecular weight is 392 g/mol. The van der Waals surface area contributed by atoms with Crippen LogP contribution in [0.4, 0.5) is 0 Å². The predicted octanol–water partition coefficient (Wildman–Crippen LogP) is 2.42. The molecule has 1 N–H and O–H groups in total. The maximum absolute atomic E-state index is 11.8. The van der Waals surface area contributed by atoms with Gasteiger partial charge in [-0.15, -0.1) is 0 Å². The van der Waals surface area contributed by atoms with Crippen molar-refractivity contribution < 1.29 is 24.2 Å². The molecule has 7 heteroatoms. The number of hydrogen-bond donors (Lipinski definition) is 1. The van der Waals surface area contributed by atoms with E-state index in [0.29, 0.717) is 24.3 Å². The smallest absolute Gasteiger partial charge is 0.338 e. The first-order chi connectivity index (χ1) is 12.5. The van der Waals surface area contributed by atoms with Crippen LogP contribution in [0.1, 0.15) is 34.6 Å². The van der Waals surface area contributed by atoms with Gasteiger partial charge in [0.05, 0.1) is 30.7 Å². The molecule has 0 unspecified atom stereocenters. The SMILES string of the molecule is CCOC(=O)c1ccc(P(=S)(CO)c2ccc(C(=O)OCC)cc2)cc1. The molecular formula is C19H21O5PS. The summed E-state index contributed by atoms with van der Waals surface area (Å²) in [4.78, 5) is 23.5. The van der Waals surface area contributed by atoms with Crippen LogP contribution in [0, 0.1) is 0 Å². The Hall–Kier alpha value is -2.01. The predicted molar refractivity (Wildman–Crippen MR) is 105 cm³/mol. The van der Waals surface area contributed by atoms with Crippen LogP contribution in [0.25, 0.3) is 0 Å². The highest BCUT2D eigenvalue weighted by Gasteiger charge is 2.22. The second-order valence-corrected chi connectivity index (χ2v) is 10.1. The molecule has 0 heterocycles. The number of hydrogen-bond acceptors (Lipinski definition) is 6. The molecule has 2 rings (SSSR count). The zero-order chi connectivity index (χ0) is 19.2. The summed E-state index contributed by atoms with van der Waals surface area (Å²) in [5, 5.41) is 11.5. The molecule has 0 aliphatic heterocycles. The average Bonchev–Trinajstić information content (AvgIpc) is 2.68. The second kappa shape index (κ2) is 9.08. The van der Waals surface area contributed by atoms with E-state index in [2.05, 4.69) is 0 Å². The zero-order valence-electron chi connectivity index (χ0n) is 14.7. The van der Waals surface area contributed by atoms with Crippen molar-refractivity contribution in [1.29, 1.82) is 0 Å². The standard InChI is InChI=1S/C19H21O5PS/c1-3-23-18(21)14-5-9-16(10-6-14)25(26,13-20)17-11-7-15(8-12-17)19(22)24-4-2/h5-12,20H,3-4,13H2,1-2H3. The quantitative estimate of drug-likeness (QED) is 0.576. The van der Waals surface area contributed by atoms with Gasteiger partial charge in [-0.2, -0.15) is 0 Å². The number of rotatable bonds is 7. The van der Waals surface area contributed by atoms with Gasteiger partial charge in [0, 0.05) is 6.04 Å². The van der Waals surface area contributed by atoms with Crippen molar-refractivity contribution in [3.63, 3.8) is 0 Å². The van der Waals surface area contributed by atoms with Crippen molar-refractivity contribution in [1.82, 2.24) is 0 Å². The van der Waals surface area contributed by atoms with Gasteiger partial charge in [-0.3, -0.25) is 0 Å². The van der Waals surface area contributed by atoms with E-state index in [1.165, 1.54) is 0 Å². The summed E-state index contributed by atoms with van der Waals surface area (Å²) in [5.41, 5.74) is 0.875. The highest BCUT2D eigenvalue weighted by Crippen LogP contribution is 2.42. The molecular weight excluding hydrogens is 371 g/mol. The van der Waals surface area contributed by atoms with Gasteiger partial charge in [-0.05, 0) is 48.7 Å². The van der Waals surface area contributed by atoms with Gasteiger partial charge in [0.15, 0.2) is 0 Å². The molecule has 2 aromatic rings. The first-order valence-electron chi connectivity index (χ1n) is 8.21. The lowest BCUT2D eigenvalue weighted by Gasteiger charge is -2.21. The van der Waals surface area contributed by atoms with Crippen molar-refractivity contribution in [2.24, 2.45) is 0 Å². The summed E-state index contributed by atoms with van der Waals surface area (Å²) in [6, 6.07) is 11.2. The van der Waals surface area contributed by atoms with Gasteiger partial charge in [0.1, 0.15) is 0 Å². The van der Waals surface area contributed by atoms with Crippen LogP contribution in [0.5, 0.6) is 0 Å². The largest absolute Gasteiger partial charge is 0.462 e. The Morgan fingerprint density at radius 3 is 1.46 bits per heavy atom. The molecule has 0 aliphatic carbocycles. The number of ether oxygens (including phenoxy) is 2. The summed E-state index contributed by atoms with van der Waals surface area (Å²) in [5.74, 6) is -0.787. The van der Waals surface area contributed by atoms with E-state index in [0.717, 1.165) is 10.6 Å². The number of esters is 2. The van der Waals surface area contributed by atoms with E-state index >= 15 is 0 Å². The van der Waals surface area contributed by atoms with Crippen LogP contribution in [-0.2, 0) is 21.3 Å². The Morgan fingerprint density at radius 1 is 0.846 bits per heavy atom. The lowest BCUT2D eigenvalue weighted by molar-refractivity contribution is 0.0517. The molecule has 0 fully saturated rings. The summed E-state index contributed by atoms with van der Waals surface area (Å²) in [7, 11) is 0. The Balaban J connectivity index is 2.31. The van der Waals surface area contributed by atoms with Crippen LogP contribution >= 0.6 is 6.04 Å². The second-order valence-electron chi connectivity index (χ2n) is 5.42. The minimum atomic E-state index is -2.45. The maximum Gasteiger partial charge on any atom is 0.338 e. The first kappa shape index (κ1) is 20.3. The van der Waals surface area contributed by atoms with Crippen LogP contribution in [0.2, 0.25) is 0 Å². The fourth-order valence-corrected chi connectivity index (χ4v) is 5.03. The van der Waals surface area contributed by atoms with E-state index < -0.39 is 18.0 Å². The molecule has 0 radical (unpaired) electrons. The number of carbonyl (C=O) groups excluding carboxylic acids is 2. The Bertz CT molecular complexity index is 749. The van der Waals surface area contributed by atoms with Crippen LogP contribution < -0.4 is 10.6 Å². The van der Waals surface area contributed by atoms with Gasteiger partial charge >= 0.3 is 11.9 Å². The van der Waals surface area contributed by atoms with E-state index in [9.17, 15) is 14.7 Å². The molecule has 0 spiro atoms. The molecule has 5 nitrogen and oxygen atoms in total. The number of carbonyl (C=O) groups is 2. The zero-order valence-corrected chi connectivity index (χ0v) is 16.4. The van der Waals surface area contributed by atoms with Gasteiger partial charge in [0.2, 0.25) is 0 Å². The van der Waals surface area contributed by atoms with Crippen molar-refractivity contribution in [3.8, 4) is 0 Å². The molecule has 0 amide bonds. The molecule has 2 aromatic carbocycles. The Kier molecular flexibility index (Phi) is 7.09. The Labute approximate surface area is 158 Å². The topological polar surface area (TPSA) is 72.8 Å². The van der Waals surface area contributed by atoms with E-state index in [1.54, 1.807) is 62.4 Å². The first-order valence-corrected chi connectivity index (χ1v) is 11.2. The summed E-state index contributed by atoms with van der Waals surface area (Å²) >= 11 is 5.79. The Morgan fingerprint density at radius 2 is 1.19 bits per heavy atom. The fourth-order valence-electron chi connectivity index (χ4n) is 2.42. The van der Waals surface area contributed by atoms with Crippen molar-refractivity contribution in [2.75, 3.05) is 19.6 Å². The number of aliphatic hydroxyl groups is 1. The minimum Gasteiger partial charge on any atom is -0.462 e. The highest BCUT2D eigenvalue weighted by atomic mass is 32.4. The molecule has 0 saturated heterocycles. The van der Waals surface area contributed by atoms with E-state index in [4.69, 9.17) is 21.3 Å². The number of benzene rings is 2. The maximum atomic E-state index is 11.8. The summed E-state index contributed by atoms with van der Waals surface area (Å²) in [6.45, 7) is 4.11.